The number of imidazole rings is 1. The number of benzene rings is 2. The first-order valence-electron chi connectivity index (χ1n) is 11.1. The average molecular weight is 446 g/mol. The van der Waals surface area contributed by atoms with Gasteiger partial charge in [0.25, 0.3) is 0 Å². The van der Waals surface area contributed by atoms with Gasteiger partial charge in [0.05, 0.1) is 7.11 Å². The van der Waals surface area contributed by atoms with Crippen LogP contribution in [0.15, 0.2) is 54.9 Å². The van der Waals surface area contributed by atoms with Crippen LogP contribution >= 0.6 is 0 Å². The number of hydrogen-bond acceptors (Lipinski definition) is 7. The third kappa shape index (κ3) is 5.00. The number of hydrogen-bond donors (Lipinski definition) is 2. The Bertz CT molecular complexity index is 1220. The molecule has 0 fully saturated rings. The van der Waals surface area contributed by atoms with E-state index in [1.807, 2.05) is 38.4 Å². The molecule has 172 valence electrons. The maximum Gasteiger partial charge on any atom is 0.210 e. The summed E-state index contributed by atoms with van der Waals surface area (Å²) in [6.45, 7) is 4.99. The average Bonchev–Trinajstić information content (AvgIpc) is 3.18. The molecule has 8 heteroatoms. The van der Waals surface area contributed by atoms with Gasteiger partial charge in [-0.25, -0.2) is 15.0 Å². The van der Waals surface area contributed by atoms with Gasteiger partial charge in [-0.2, -0.15) is 0 Å². The summed E-state index contributed by atoms with van der Waals surface area (Å²) in [5, 5.41) is 6.92. The molecule has 4 rings (SSSR count). The molecule has 2 N–H and O–H groups in total. The van der Waals surface area contributed by atoms with Gasteiger partial charge in [0.2, 0.25) is 5.95 Å². The van der Waals surface area contributed by atoms with E-state index in [1.165, 1.54) is 5.56 Å². The number of anilines is 4. The smallest absolute Gasteiger partial charge is 0.210 e. The fourth-order valence-electron chi connectivity index (χ4n) is 3.72. The van der Waals surface area contributed by atoms with Gasteiger partial charge in [0.15, 0.2) is 17.0 Å². The maximum absolute atomic E-state index is 5.23. The van der Waals surface area contributed by atoms with E-state index >= 15 is 0 Å². The lowest BCUT2D eigenvalue weighted by Gasteiger charge is -2.16. The molecule has 33 heavy (non-hydrogen) atoms. The van der Waals surface area contributed by atoms with E-state index in [9.17, 15) is 0 Å². The second-order valence-electron chi connectivity index (χ2n) is 8.39. The summed E-state index contributed by atoms with van der Waals surface area (Å²) >= 11 is 0. The van der Waals surface area contributed by atoms with Gasteiger partial charge in [-0.15, -0.1) is 0 Å². The van der Waals surface area contributed by atoms with Crippen molar-refractivity contribution in [3.05, 3.63) is 60.4 Å². The highest BCUT2D eigenvalue weighted by molar-refractivity contribution is 5.86. The Balaban J connectivity index is 1.58. The Morgan fingerprint density at radius 1 is 1.06 bits per heavy atom. The van der Waals surface area contributed by atoms with Crippen LogP contribution in [0.5, 0.6) is 5.75 Å². The molecule has 0 amide bonds. The van der Waals surface area contributed by atoms with E-state index in [0.717, 1.165) is 53.0 Å². The van der Waals surface area contributed by atoms with Crippen LogP contribution in [0, 0.1) is 0 Å². The van der Waals surface area contributed by atoms with Crippen LogP contribution in [0.3, 0.4) is 0 Å². The van der Waals surface area contributed by atoms with Gasteiger partial charge < -0.3 is 20.3 Å². The maximum atomic E-state index is 5.23. The topological polar surface area (TPSA) is 80.1 Å². The minimum Gasteiger partial charge on any atom is -0.497 e. The summed E-state index contributed by atoms with van der Waals surface area (Å²) in [5.41, 5.74) is 4.88. The van der Waals surface area contributed by atoms with E-state index in [1.54, 1.807) is 13.4 Å². The molecule has 0 radical (unpaired) electrons. The van der Waals surface area contributed by atoms with Crippen molar-refractivity contribution in [1.82, 2.24) is 19.5 Å². The third-order valence-electron chi connectivity index (χ3n) is 5.48. The Labute approximate surface area is 194 Å². The lowest BCUT2D eigenvalue weighted by atomic mass is 10.1. The molecular weight excluding hydrogens is 414 g/mol. The standard InChI is InChI=1S/C25H31N7O/c1-17(2)32-24-22(30-25(32)29-19-7-6-8-20(15-19)31(3)4)23(27-16-28-24)26-14-13-18-9-11-21(33-5)12-10-18/h6-12,15-17H,13-14H2,1-5H3,(H,29,30)(H,26,27,28). The molecule has 0 aliphatic carbocycles. The zero-order valence-electron chi connectivity index (χ0n) is 19.8. The minimum atomic E-state index is 0.177. The Kier molecular flexibility index (Phi) is 6.63. The number of methoxy groups -OCH3 is 1. The molecule has 0 spiro atoms. The van der Waals surface area contributed by atoms with Gasteiger partial charge in [-0.1, -0.05) is 18.2 Å². The fraction of sp³-hybridized carbons (Fsp3) is 0.320. The molecule has 8 nitrogen and oxygen atoms in total. The number of fused-ring (bicyclic) bond motifs is 1. The zero-order valence-corrected chi connectivity index (χ0v) is 19.8. The minimum absolute atomic E-state index is 0.177. The lowest BCUT2D eigenvalue weighted by molar-refractivity contribution is 0.414. The van der Waals surface area contributed by atoms with Gasteiger partial charge >= 0.3 is 0 Å². The molecule has 4 aromatic rings. The highest BCUT2D eigenvalue weighted by Gasteiger charge is 2.18. The highest BCUT2D eigenvalue weighted by atomic mass is 16.5. The van der Waals surface area contributed by atoms with Crippen molar-refractivity contribution in [1.29, 1.82) is 0 Å². The Hall–Kier alpha value is -3.81. The molecule has 0 saturated heterocycles. The Morgan fingerprint density at radius 3 is 2.55 bits per heavy atom. The fourth-order valence-corrected chi connectivity index (χ4v) is 3.72. The van der Waals surface area contributed by atoms with Gasteiger partial charge in [-0.05, 0) is 56.2 Å². The summed E-state index contributed by atoms with van der Waals surface area (Å²) in [5.74, 6) is 2.34. The van der Waals surface area contributed by atoms with Crippen molar-refractivity contribution in [2.45, 2.75) is 26.3 Å². The van der Waals surface area contributed by atoms with E-state index in [4.69, 9.17) is 9.72 Å². The van der Waals surface area contributed by atoms with Crippen molar-refractivity contribution in [3.8, 4) is 5.75 Å². The van der Waals surface area contributed by atoms with E-state index in [2.05, 4.69) is 68.2 Å². The second-order valence-corrected chi connectivity index (χ2v) is 8.39. The van der Waals surface area contributed by atoms with Gasteiger partial charge in [0.1, 0.15) is 12.1 Å². The van der Waals surface area contributed by atoms with Crippen molar-refractivity contribution < 1.29 is 4.74 Å². The first-order chi connectivity index (χ1) is 16.0. The summed E-state index contributed by atoms with van der Waals surface area (Å²) in [4.78, 5) is 16.0. The first-order valence-corrected chi connectivity index (χ1v) is 11.1. The number of nitrogens with zero attached hydrogens (tertiary/aromatic N) is 5. The molecule has 0 aliphatic rings. The van der Waals surface area contributed by atoms with Crippen LogP contribution in [-0.4, -0.2) is 47.3 Å². The second kappa shape index (κ2) is 9.77. The van der Waals surface area contributed by atoms with Gasteiger partial charge in [0, 0.05) is 38.1 Å². The van der Waals surface area contributed by atoms with Crippen LogP contribution in [0.1, 0.15) is 25.5 Å². The number of rotatable bonds is 9. The normalized spacial score (nSPS) is 11.1. The molecule has 0 aliphatic heterocycles. The zero-order chi connectivity index (χ0) is 23.4. The third-order valence-corrected chi connectivity index (χ3v) is 5.48. The van der Waals surface area contributed by atoms with Crippen molar-refractivity contribution in [3.63, 3.8) is 0 Å². The SMILES string of the molecule is COc1ccc(CCNc2ncnc3c2nc(Nc2cccc(N(C)C)c2)n3C(C)C)cc1. The Morgan fingerprint density at radius 2 is 1.85 bits per heavy atom. The predicted octanol–water partition coefficient (Wildman–Crippen LogP) is 4.88. The largest absolute Gasteiger partial charge is 0.497 e. The summed E-state index contributed by atoms with van der Waals surface area (Å²) in [6.07, 6.45) is 2.46. The van der Waals surface area contributed by atoms with E-state index < -0.39 is 0 Å². The number of aromatic nitrogens is 4. The highest BCUT2D eigenvalue weighted by Crippen LogP contribution is 2.29. The van der Waals surface area contributed by atoms with Crippen molar-refractivity contribution in [2.75, 3.05) is 43.3 Å². The number of nitrogens with one attached hydrogen (secondary N) is 2. The molecule has 2 heterocycles. The monoisotopic (exact) mass is 445 g/mol. The van der Waals surface area contributed by atoms with Crippen LogP contribution in [0.25, 0.3) is 11.2 Å². The molecule has 2 aromatic carbocycles. The molecular formula is C25H31N7O. The van der Waals surface area contributed by atoms with Crippen molar-refractivity contribution in [2.24, 2.45) is 0 Å². The summed E-state index contributed by atoms with van der Waals surface area (Å²) in [7, 11) is 5.74. The summed E-state index contributed by atoms with van der Waals surface area (Å²) in [6, 6.07) is 16.5. The molecule has 0 saturated carbocycles. The van der Waals surface area contributed by atoms with Crippen LogP contribution in [0.4, 0.5) is 23.1 Å². The number of ether oxygens (including phenoxy) is 1. The van der Waals surface area contributed by atoms with Crippen LogP contribution in [0.2, 0.25) is 0 Å². The molecule has 0 atom stereocenters. The van der Waals surface area contributed by atoms with E-state index in [-0.39, 0.29) is 6.04 Å². The van der Waals surface area contributed by atoms with E-state index in [0.29, 0.717) is 0 Å². The van der Waals surface area contributed by atoms with Crippen LogP contribution in [-0.2, 0) is 6.42 Å². The summed E-state index contributed by atoms with van der Waals surface area (Å²) < 4.78 is 7.34. The lowest BCUT2D eigenvalue weighted by Crippen LogP contribution is -2.10. The molecule has 0 bridgehead atoms. The molecule has 0 unspecified atom stereocenters. The first kappa shape index (κ1) is 22.4. The van der Waals surface area contributed by atoms with Crippen molar-refractivity contribution >= 4 is 34.3 Å². The predicted molar refractivity (Wildman–Crippen MR) is 135 cm³/mol. The quantitative estimate of drug-likeness (QED) is 0.380. The van der Waals surface area contributed by atoms with Crippen LogP contribution < -0.4 is 20.3 Å². The molecule has 2 aromatic heterocycles. The van der Waals surface area contributed by atoms with Gasteiger partial charge in [-0.3, -0.25) is 4.57 Å².